The zero-order chi connectivity index (χ0) is 13.5. The lowest BCUT2D eigenvalue weighted by Crippen LogP contribution is -2.17. The van der Waals surface area contributed by atoms with E-state index in [1.54, 1.807) is 0 Å². The van der Waals surface area contributed by atoms with Gasteiger partial charge in [-0.3, -0.25) is 0 Å². The molecule has 1 heterocycles. The summed E-state index contributed by atoms with van der Waals surface area (Å²) < 4.78 is 0. The zero-order valence-electron chi connectivity index (χ0n) is 11.5. The second-order valence-corrected chi connectivity index (χ2v) is 5.31. The molecule has 0 saturated heterocycles. The molecule has 1 aliphatic rings. The van der Waals surface area contributed by atoms with Crippen LogP contribution in [0.25, 0.3) is 0 Å². The van der Waals surface area contributed by atoms with Crippen LogP contribution in [0.1, 0.15) is 42.4 Å². The monoisotopic (exact) mass is 253 g/mol. The summed E-state index contributed by atoms with van der Waals surface area (Å²) in [6.45, 7) is 4.11. The molecule has 0 spiro atoms. The summed E-state index contributed by atoms with van der Waals surface area (Å²) >= 11 is 0. The highest BCUT2D eigenvalue weighted by atomic mass is 15.0. The molecule has 19 heavy (non-hydrogen) atoms. The van der Waals surface area contributed by atoms with E-state index in [-0.39, 0.29) is 5.41 Å². The van der Waals surface area contributed by atoms with Gasteiger partial charge in [-0.1, -0.05) is 37.3 Å². The molecule has 0 unspecified atom stereocenters. The van der Waals surface area contributed by atoms with Crippen molar-refractivity contribution in [3.05, 3.63) is 53.0 Å². The van der Waals surface area contributed by atoms with Crippen molar-refractivity contribution in [3.8, 4) is 0 Å². The van der Waals surface area contributed by atoms with E-state index in [9.17, 15) is 0 Å². The van der Waals surface area contributed by atoms with Crippen molar-refractivity contribution in [1.29, 1.82) is 0 Å². The number of aromatic nitrogens is 2. The van der Waals surface area contributed by atoms with E-state index in [0.29, 0.717) is 5.82 Å². The normalized spacial score (nSPS) is 16.3. The first-order chi connectivity index (χ1) is 9.17. The van der Waals surface area contributed by atoms with Crippen LogP contribution in [0.5, 0.6) is 0 Å². The molecule has 3 heteroatoms. The topological polar surface area (TPSA) is 51.8 Å². The predicted molar refractivity (Wildman–Crippen MR) is 77.0 cm³/mol. The van der Waals surface area contributed by atoms with Gasteiger partial charge in [0.25, 0.3) is 0 Å². The summed E-state index contributed by atoms with van der Waals surface area (Å²) in [7, 11) is 0. The van der Waals surface area contributed by atoms with Crippen molar-refractivity contribution < 1.29 is 0 Å². The molecule has 3 nitrogen and oxygen atoms in total. The highest BCUT2D eigenvalue weighted by Crippen LogP contribution is 2.52. The van der Waals surface area contributed by atoms with Gasteiger partial charge in [0.2, 0.25) is 0 Å². The van der Waals surface area contributed by atoms with Crippen LogP contribution in [0.3, 0.4) is 0 Å². The molecule has 0 amide bonds. The van der Waals surface area contributed by atoms with Crippen LogP contribution in [0.4, 0.5) is 5.82 Å². The Morgan fingerprint density at radius 2 is 1.84 bits per heavy atom. The highest BCUT2D eigenvalue weighted by molar-refractivity contribution is 5.46. The summed E-state index contributed by atoms with van der Waals surface area (Å²) in [6, 6.07) is 10.5. The highest BCUT2D eigenvalue weighted by Gasteiger charge is 2.48. The summed E-state index contributed by atoms with van der Waals surface area (Å²) in [5, 5.41) is 0. The van der Waals surface area contributed by atoms with Crippen LogP contribution in [0, 0.1) is 6.92 Å². The SMILES string of the molecule is CCc1nc(C2(c3ccccc3)CC2)nc(N)c1C. The number of hydrogen-bond acceptors (Lipinski definition) is 3. The Kier molecular flexibility index (Phi) is 2.77. The molecule has 3 rings (SSSR count). The van der Waals surface area contributed by atoms with Gasteiger partial charge in [-0.25, -0.2) is 9.97 Å². The third-order valence-electron chi connectivity index (χ3n) is 4.12. The van der Waals surface area contributed by atoms with Gasteiger partial charge in [-0.2, -0.15) is 0 Å². The van der Waals surface area contributed by atoms with E-state index in [4.69, 9.17) is 10.7 Å². The Hall–Kier alpha value is -1.90. The number of hydrogen-bond donors (Lipinski definition) is 1. The molecule has 98 valence electrons. The standard InChI is InChI=1S/C16H19N3/c1-3-13-11(2)14(17)19-15(18-13)16(9-10-16)12-7-5-4-6-8-12/h4-8H,3,9-10H2,1-2H3,(H2,17,18,19). The quantitative estimate of drug-likeness (QED) is 0.914. The van der Waals surface area contributed by atoms with Crippen LogP contribution in [0.15, 0.2) is 30.3 Å². The predicted octanol–water partition coefficient (Wildman–Crippen LogP) is 3.01. The third kappa shape index (κ3) is 1.89. The fraction of sp³-hybridized carbons (Fsp3) is 0.375. The van der Waals surface area contributed by atoms with E-state index < -0.39 is 0 Å². The van der Waals surface area contributed by atoms with Gasteiger partial charge in [0.05, 0.1) is 5.41 Å². The molecule has 0 atom stereocenters. The summed E-state index contributed by atoms with van der Waals surface area (Å²) in [5.41, 5.74) is 9.46. The first kappa shape index (κ1) is 12.2. The van der Waals surface area contributed by atoms with Crippen molar-refractivity contribution in [2.75, 3.05) is 5.73 Å². The lowest BCUT2D eigenvalue weighted by atomic mass is 9.94. The zero-order valence-corrected chi connectivity index (χ0v) is 11.5. The first-order valence-corrected chi connectivity index (χ1v) is 6.86. The van der Waals surface area contributed by atoms with Crippen molar-refractivity contribution in [1.82, 2.24) is 9.97 Å². The Balaban J connectivity index is 2.10. The van der Waals surface area contributed by atoms with E-state index in [0.717, 1.165) is 36.3 Å². The number of nitrogen functional groups attached to an aromatic ring is 1. The molecular weight excluding hydrogens is 234 g/mol. The maximum Gasteiger partial charge on any atom is 0.141 e. The minimum absolute atomic E-state index is 0.00694. The summed E-state index contributed by atoms with van der Waals surface area (Å²) in [5.74, 6) is 1.53. The molecule has 0 bridgehead atoms. The number of anilines is 1. The minimum atomic E-state index is 0.00694. The third-order valence-corrected chi connectivity index (χ3v) is 4.12. The van der Waals surface area contributed by atoms with Crippen LogP contribution >= 0.6 is 0 Å². The average molecular weight is 253 g/mol. The number of aryl methyl sites for hydroxylation is 1. The van der Waals surface area contributed by atoms with Gasteiger partial charge in [0.1, 0.15) is 11.6 Å². The Morgan fingerprint density at radius 1 is 1.16 bits per heavy atom. The molecule has 0 radical (unpaired) electrons. The molecule has 1 fully saturated rings. The number of nitrogens with zero attached hydrogens (tertiary/aromatic N) is 2. The van der Waals surface area contributed by atoms with Gasteiger partial charge in [-0.05, 0) is 31.7 Å². The summed E-state index contributed by atoms with van der Waals surface area (Å²) in [6.07, 6.45) is 3.13. The molecule has 1 aromatic carbocycles. The molecule has 2 N–H and O–H groups in total. The van der Waals surface area contributed by atoms with Gasteiger partial charge >= 0.3 is 0 Å². The fourth-order valence-electron chi connectivity index (χ4n) is 2.66. The number of nitrogens with two attached hydrogens (primary N) is 1. The van der Waals surface area contributed by atoms with Crippen molar-refractivity contribution in [2.45, 2.75) is 38.5 Å². The smallest absolute Gasteiger partial charge is 0.141 e. The van der Waals surface area contributed by atoms with Crippen molar-refractivity contribution in [2.24, 2.45) is 0 Å². The van der Waals surface area contributed by atoms with Crippen LogP contribution in [-0.4, -0.2) is 9.97 Å². The molecule has 2 aromatic rings. The maximum absolute atomic E-state index is 6.05. The van der Waals surface area contributed by atoms with E-state index >= 15 is 0 Å². The Morgan fingerprint density at radius 3 is 2.42 bits per heavy atom. The lowest BCUT2D eigenvalue weighted by molar-refractivity contribution is 0.739. The van der Waals surface area contributed by atoms with E-state index in [1.807, 2.05) is 13.0 Å². The van der Waals surface area contributed by atoms with E-state index in [1.165, 1.54) is 5.56 Å². The van der Waals surface area contributed by atoms with E-state index in [2.05, 4.69) is 36.2 Å². The minimum Gasteiger partial charge on any atom is -0.383 e. The van der Waals surface area contributed by atoms with Gasteiger partial charge in [0.15, 0.2) is 0 Å². The molecule has 1 aromatic heterocycles. The second kappa shape index (κ2) is 4.34. The fourth-order valence-corrected chi connectivity index (χ4v) is 2.66. The average Bonchev–Trinajstić information content (AvgIpc) is 3.24. The number of rotatable bonds is 3. The van der Waals surface area contributed by atoms with Crippen molar-refractivity contribution >= 4 is 5.82 Å². The van der Waals surface area contributed by atoms with Crippen LogP contribution in [-0.2, 0) is 11.8 Å². The lowest BCUT2D eigenvalue weighted by Gasteiger charge is -2.17. The van der Waals surface area contributed by atoms with Gasteiger partial charge in [-0.15, -0.1) is 0 Å². The van der Waals surface area contributed by atoms with Crippen LogP contribution < -0.4 is 5.73 Å². The molecule has 1 saturated carbocycles. The first-order valence-electron chi connectivity index (χ1n) is 6.86. The molecule has 1 aliphatic carbocycles. The Labute approximate surface area is 113 Å². The summed E-state index contributed by atoms with van der Waals surface area (Å²) in [4.78, 5) is 9.33. The van der Waals surface area contributed by atoms with Crippen LogP contribution in [0.2, 0.25) is 0 Å². The largest absolute Gasteiger partial charge is 0.383 e. The molecular formula is C16H19N3. The van der Waals surface area contributed by atoms with Gasteiger partial charge in [0, 0.05) is 11.3 Å². The molecule has 0 aliphatic heterocycles. The Bertz CT molecular complexity index is 601. The number of benzene rings is 1. The second-order valence-electron chi connectivity index (χ2n) is 5.31. The maximum atomic E-state index is 6.05. The van der Waals surface area contributed by atoms with Gasteiger partial charge < -0.3 is 5.73 Å². The van der Waals surface area contributed by atoms with Crippen molar-refractivity contribution in [3.63, 3.8) is 0 Å².